The molecule has 2 nitrogen and oxygen atoms in total. The van der Waals surface area contributed by atoms with E-state index in [4.69, 9.17) is 4.74 Å². The third kappa shape index (κ3) is 4.05. The lowest BCUT2D eigenvalue weighted by molar-refractivity contribution is 0.298. The molecule has 0 saturated carbocycles. The van der Waals surface area contributed by atoms with E-state index >= 15 is 0 Å². The molecule has 0 radical (unpaired) electrons. The van der Waals surface area contributed by atoms with Crippen LogP contribution >= 0.6 is 11.3 Å². The first-order valence-electron chi connectivity index (χ1n) is 6.87. The Balaban J connectivity index is 2.10. The van der Waals surface area contributed by atoms with Crippen molar-refractivity contribution in [1.82, 2.24) is 5.32 Å². The first-order chi connectivity index (χ1) is 9.70. The van der Waals surface area contributed by atoms with Gasteiger partial charge in [0.2, 0.25) is 0 Å². The maximum absolute atomic E-state index is 13.4. The zero-order chi connectivity index (χ0) is 14.4. The number of benzene rings is 1. The smallest absolute Gasteiger partial charge is 0.127 e. The van der Waals surface area contributed by atoms with Gasteiger partial charge in [-0.2, -0.15) is 11.3 Å². The summed E-state index contributed by atoms with van der Waals surface area (Å²) in [6, 6.07) is 6.91. The van der Waals surface area contributed by atoms with Crippen LogP contribution in [0, 0.1) is 5.82 Å². The van der Waals surface area contributed by atoms with Gasteiger partial charge in [-0.05, 0) is 48.3 Å². The Labute approximate surface area is 123 Å². The largest absolute Gasteiger partial charge is 0.488 e. The van der Waals surface area contributed by atoms with Gasteiger partial charge < -0.3 is 10.1 Å². The van der Waals surface area contributed by atoms with E-state index in [1.54, 1.807) is 17.4 Å². The van der Waals surface area contributed by atoms with Crippen molar-refractivity contribution in [2.45, 2.75) is 32.9 Å². The molecule has 1 unspecified atom stereocenters. The quantitative estimate of drug-likeness (QED) is 0.810. The van der Waals surface area contributed by atoms with Crippen LogP contribution < -0.4 is 10.1 Å². The van der Waals surface area contributed by atoms with E-state index in [9.17, 15) is 4.39 Å². The third-order valence-corrected chi connectivity index (χ3v) is 3.85. The van der Waals surface area contributed by atoms with E-state index in [-0.39, 0.29) is 11.9 Å². The van der Waals surface area contributed by atoms with Crippen molar-refractivity contribution >= 4 is 11.3 Å². The Morgan fingerprint density at radius 2 is 2.20 bits per heavy atom. The minimum Gasteiger partial charge on any atom is -0.488 e. The van der Waals surface area contributed by atoms with Crippen LogP contribution in [0.1, 0.15) is 37.4 Å². The molecule has 4 heteroatoms. The van der Waals surface area contributed by atoms with Crippen LogP contribution in [-0.4, -0.2) is 6.54 Å². The second-order valence-corrected chi connectivity index (χ2v) is 5.56. The molecular weight excluding hydrogens is 273 g/mol. The van der Waals surface area contributed by atoms with Gasteiger partial charge in [-0.25, -0.2) is 4.39 Å². The first kappa shape index (κ1) is 15.0. The predicted octanol–water partition coefficient (Wildman–Crippen LogP) is 4.53. The van der Waals surface area contributed by atoms with Crippen LogP contribution in [0.2, 0.25) is 0 Å². The number of nitrogens with one attached hydrogen (secondary N) is 1. The summed E-state index contributed by atoms with van der Waals surface area (Å²) in [5, 5.41) is 7.45. The van der Waals surface area contributed by atoms with Crippen molar-refractivity contribution in [1.29, 1.82) is 0 Å². The van der Waals surface area contributed by atoms with Gasteiger partial charge in [0.15, 0.2) is 0 Å². The zero-order valence-corrected chi connectivity index (χ0v) is 12.7. The van der Waals surface area contributed by atoms with Crippen LogP contribution in [0.15, 0.2) is 35.0 Å². The fourth-order valence-electron chi connectivity index (χ4n) is 2.00. The van der Waals surface area contributed by atoms with E-state index < -0.39 is 0 Å². The molecule has 1 heterocycles. The normalized spacial score (nSPS) is 12.3. The molecule has 20 heavy (non-hydrogen) atoms. The molecule has 0 aliphatic carbocycles. The lowest BCUT2D eigenvalue weighted by Crippen LogP contribution is -2.20. The number of thiophene rings is 1. The second kappa shape index (κ2) is 7.41. The summed E-state index contributed by atoms with van der Waals surface area (Å²) in [4.78, 5) is 0. The van der Waals surface area contributed by atoms with Crippen molar-refractivity contribution in [3.05, 3.63) is 52.0 Å². The molecule has 0 saturated heterocycles. The minimum absolute atomic E-state index is 0.146. The Bertz CT molecular complexity index is 527. The summed E-state index contributed by atoms with van der Waals surface area (Å²) in [7, 11) is 0. The lowest BCUT2D eigenvalue weighted by atomic mass is 10.1. The molecule has 0 amide bonds. The van der Waals surface area contributed by atoms with Crippen molar-refractivity contribution in [2.24, 2.45) is 0 Å². The average molecular weight is 293 g/mol. The average Bonchev–Trinajstić information content (AvgIpc) is 2.96. The number of hydrogen-bond donors (Lipinski definition) is 1. The summed E-state index contributed by atoms with van der Waals surface area (Å²) in [6.07, 6.45) is 1.07. The van der Waals surface area contributed by atoms with Gasteiger partial charge in [0.1, 0.15) is 18.2 Å². The minimum atomic E-state index is -0.267. The first-order valence-corrected chi connectivity index (χ1v) is 7.81. The SMILES string of the molecule is CCCNC(C)c1ccc(F)cc1OCc1ccsc1. The Morgan fingerprint density at radius 3 is 2.90 bits per heavy atom. The van der Waals surface area contributed by atoms with Gasteiger partial charge in [-0.3, -0.25) is 0 Å². The highest BCUT2D eigenvalue weighted by molar-refractivity contribution is 7.07. The highest BCUT2D eigenvalue weighted by Gasteiger charge is 2.12. The summed E-state index contributed by atoms with van der Waals surface area (Å²) >= 11 is 1.63. The second-order valence-electron chi connectivity index (χ2n) is 4.78. The molecule has 108 valence electrons. The van der Waals surface area contributed by atoms with Crippen LogP contribution in [-0.2, 0) is 6.61 Å². The van der Waals surface area contributed by atoms with Crippen molar-refractivity contribution in [3.8, 4) is 5.75 Å². The molecule has 0 aliphatic heterocycles. The fraction of sp³-hybridized carbons (Fsp3) is 0.375. The molecule has 2 rings (SSSR count). The standard InChI is InChI=1S/C16H20FNOS/c1-3-7-18-12(2)15-5-4-14(17)9-16(15)19-10-13-6-8-20-11-13/h4-6,8-9,11-12,18H,3,7,10H2,1-2H3. The zero-order valence-electron chi connectivity index (χ0n) is 11.9. The van der Waals surface area contributed by atoms with Crippen molar-refractivity contribution < 1.29 is 9.13 Å². The van der Waals surface area contributed by atoms with Gasteiger partial charge >= 0.3 is 0 Å². The molecule has 0 spiro atoms. The Kier molecular flexibility index (Phi) is 5.56. The van der Waals surface area contributed by atoms with Gasteiger partial charge in [0.05, 0.1) is 0 Å². The topological polar surface area (TPSA) is 21.3 Å². The molecule has 0 aliphatic rings. The summed E-state index contributed by atoms with van der Waals surface area (Å²) in [5.41, 5.74) is 2.11. The molecule has 1 atom stereocenters. The monoisotopic (exact) mass is 293 g/mol. The van der Waals surface area contributed by atoms with Crippen LogP contribution in [0.25, 0.3) is 0 Å². The van der Waals surface area contributed by atoms with Gasteiger partial charge in [-0.1, -0.05) is 13.0 Å². The van der Waals surface area contributed by atoms with Crippen molar-refractivity contribution in [2.75, 3.05) is 6.54 Å². The van der Waals surface area contributed by atoms with Crippen LogP contribution in [0.5, 0.6) is 5.75 Å². The van der Waals surface area contributed by atoms with Gasteiger partial charge in [-0.15, -0.1) is 0 Å². The highest BCUT2D eigenvalue weighted by Crippen LogP contribution is 2.27. The molecule has 1 aromatic heterocycles. The lowest BCUT2D eigenvalue weighted by Gasteiger charge is -2.18. The van der Waals surface area contributed by atoms with E-state index in [1.807, 2.05) is 16.8 Å². The number of halogens is 1. The van der Waals surface area contributed by atoms with Crippen molar-refractivity contribution in [3.63, 3.8) is 0 Å². The fourth-order valence-corrected chi connectivity index (χ4v) is 2.65. The molecule has 1 N–H and O–H groups in total. The summed E-state index contributed by atoms with van der Waals surface area (Å²) < 4.78 is 19.2. The summed E-state index contributed by atoms with van der Waals surface area (Å²) in [6.45, 7) is 5.60. The molecule has 1 aromatic carbocycles. The number of ether oxygens (including phenoxy) is 1. The molecule has 0 bridgehead atoms. The third-order valence-electron chi connectivity index (χ3n) is 3.12. The number of hydrogen-bond acceptors (Lipinski definition) is 3. The van der Waals surface area contributed by atoms with E-state index in [1.165, 1.54) is 12.1 Å². The van der Waals surface area contributed by atoms with Crippen LogP contribution in [0.4, 0.5) is 4.39 Å². The molecule has 0 fully saturated rings. The predicted molar refractivity (Wildman–Crippen MR) is 81.8 cm³/mol. The van der Waals surface area contributed by atoms with Gasteiger partial charge in [0, 0.05) is 17.7 Å². The summed E-state index contributed by atoms with van der Waals surface area (Å²) in [5.74, 6) is 0.351. The maximum Gasteiger partial charge on any atom is 0.127 e. The van der Waals surface area contributed by atoms with Crippen LogP contribution in [0.3, 0.4) is 0 Å². The Hall–Kier alpha value is -1.39. The van der Waals surface area contributed by atoms with E-state index in [0.29, 0.717) is 12.4 Å². The van der Waals surface area contributed by atoms with E-state index in [2.05, 4.69) is 19.2 Å². The molecular formula is C16H20FNOS. The maximum atomic E-state index is 13.4. The highest BCUT2D eigenvalue weighted by atomic mass is 32.1. The van der Waals surface area contributed by atoms with E-state index in [0.717, 1.165) is 24.1 Å². The number of rotatable bonds is 7. The Morgan fingerprint density at radius 1 is 1.35 bits per heavy atom. The van der Waals surface area contributed by atoms with Gasteiger partial charge in [0.25, 0.3) is 0 Å². The molecule has 2 aromatic rings.